The van der Waals surface area contributed by atoms with Crippen LogP contribution in [0.25, 0.3) is 22.3 Å². The van der Waals surface area contributed by atoms with Gasteiger partial charge in [-0.2, -0.15) is 0 Å². The van der Waals surface area contributed by atoms with Crippen molar-refractivity contribution in [1.29, 1.82) is 5.41 Å². The molecule has 5 N–H and O–H groups in total. The second kappa shape index (κ2) is 11.1. The molecule has 3 aromatic carbocycles. The number of anilines is 3. The van der Waals surface area contributed by atoms with E-state index < -0.39 is 0 Å². The highest BCUT2D eigenvalue weighted by Crippen LogP contribution is 2.29. The fourth-order valence-corrected chi connectivity index (χ4v) is 4.61. The summed E-state index contributed by atoms with van der Waals surface area (Å²) in [7, 11) is 0. The Morgan fingerprint density at radius 3 is 2.70 bits per heavy atom. The zero-order valence-electron chi connectivity index (χ0n) is 20.5. The van der Waals surface area contributed by atoms with Crippen molar-refractivity contribution < 1.29 is 9.53 Å². The third-order valence-corrected chi connectivity index (χ3v) is 6.54. The summed E-state index contributed by atoms with van der Waals surface area (Å²) in [5, 5.41) is 14.9. The summed E-state index contributed by atoms with van der Waals surface area (Å²) in [5.74, 6) is 1.65. The van der Waals surface area contributed by atoms with Gasteiger partial charge in [0, 0.05) is 40.1 Å². The maximum Gasteiger partial charge on any atom is 0.258 e. The maximum absolute atomic E-state index is 12.4. The smallest absolute Gasteiger partial charge is 0.258 e. The van der Waals surface area contributed by atoms with Gasteiger partial charge < -0.3 is 26.5 Å². The Balaban J connectivity index is 1.37. The Bertz CT molecular complexity index is 1430. The van der Waals surface area contributed by atoms with Crippen LogP contribution >= 0.6 is 0 Å². The van der Waals surface area contributed by atoms with Crippen molar-refractivity contribution in [3.63, 3.8) is 0 Å². The van der Waals surface area contributed by atoms with E-state index in [4.69, 9.17) is 25.8 Å². The zero-order valence-corrected chi connectivity index (χ0v) is 20.5. The first-order valence-electron chi connectivity index (χ1n) is 12.6. The molecule has 4 aromatic rings. The monoisotopic (exact) mass is 494 g/mol. The van der Waals surface area contributed by atoms with E-state index in [1.165, 1.54) is 25.5 Å². The third-order valence-electron chi connectivity index (χ3n) is 6.54. The summed E-state index contributed by atoms with van der Waals surface area (Å²) in [6, 6.07) is 20.9. The molecule has 0 unspecified atom stereocenters. The largest absolute Gasteiger partial charge is 0.484 e. The SMILES string of the molecule is N=Cc1cc(Nc2nc(-c3cccc(OCC(=O)NC4CCCCC4)c3)nc3ccccc23)ccc1N. The molecule has 1 aliphatic carbocycles. The Morgan fingerprint density at radius 2 is 1.86 bits per heavy atom. The number of hydrogen-bond acceptors (Lipinski definition) is 7. The molecule has 1 saturated carbocycles. The van der Waals surface area contributed by atoms with Crippen LogP contribution in [0.5, 0.6) is 5.75 Å². The molecule has 0 bridgehead atoms. The predicted octanol–water partition coefficient (Wildman–Crippen LogP) is 5.45. The highest BCUT2D eigenvalue weighted by atomic mass is 16.5. The molecule has 0 aliphatic heterocycles. The fraction of sp³-hybridized carbons (Fsp3) is 0.241. The van der Waals surface area contributed by atoms with E-state index in [0.29, 0.717) is 28.6 Å². The van der Waals surface area contributed by atoms with Gasteiger partial charge in [0.05, 0.1) is 5.52 Å². The molecule has 1 aromatic heterocycles. The summed E-state index contributed by atoms with van der Waals surface area (Å²) in [6.45, 7) is -0.0299. The molecule has 1 amide bonds. The molecule has 1 heterocycles. The number of para-hydroxylation sites is 1. The summed E-state index contributed by atoms with van der Waals surface area (Å²) in [4.78, 5) is 22.0. The van der Waals surface area contributed by atoms with Crippen molar-refractivity contribution in [1.82, 2.24) is 15.3 Å². The zero-order chi connectivity index (χ0) is 25.6. The number of amides is 1. The number of nitrogens with two attached hydrogens (primary N) is 1. The molecule has 0 saturated heterocycles. The van der Waals surface area contributed by atoms with Crippen molar-refractivity contribution >= 4 is 40.2 Å². The average molecular weight is 495 g/mol. The number of nitrogens with one attached hydrogen (secondary N) is 3. The molecule has 8 heteroatoms. The van der Waals surface area contributed by atoms with Crippen LogP contribution in [0.2, 0.25) is 0 Å². The normalized spacial score (nSPS) is 13.7. The van der Waals surface area contributed by atoms with Crippen LogP contribution in [0.1, 0.15) is 37.7 Å². The van der Waals surface area contributed by atoms with Crippen LogP contribution in [-0.4, -0.2) is 34.7 Å². The molecular weight excluding hydrogens is 464 g/mol. The van der Waals surface area contributed by atoms with Gasteiger partial charge in [-0.3, -0.25) is 4.79 Å². The molecule has 8 nitrogen and oxygen atoms in total. The van der Waals surface area contributed by atoms with Gasteiger partial charge in [0.1, 0.15) is 11.6 Å². The van der Waals surface area contributed by atoms with Crippen molar-refractivity contribution in [2.24, 2.45) is 0 Å². The molecule has 0 atom stereocenters. The fourth-order valence-electron chi connectivity index (χ4n) is 4.61. The first kappa shape index (κ1) is 24.2. The summed E-state index contributed by atoms with van der Waals surface area (Å²) in [6.07, 6.45) is 6.88. The van der Waals surface area contributed by atoms with E-state index in [9.17, 15) is 4.79 Å². The topological polar surface area (TPSA) is 126 Å². The summed E-state index contributed by atoms with van der Waals surface area (Å²) >= 11 is 0. The first-order chi connectivity index (χ1) is 18.1. The van der Waals surface area contributed by atoms with E-state index in [1.807, 2.05) is 60.7 Å². The van der Waals surface area contributed by atoms with E-state index in [2.05, 4.69) is 10.6 Å². The van der Waals surface area contributed by atoms with Crippen molar-refractivity contribution in [3.8, 4) is 17.1 Å². The van der Waals surface area contributed by atoms with Crippen LogP contribution in [-0.2, 0) is 4.79 Å². The van der Waals surface area contributed by atoms with Crippen molar-refractivity contribution in [2.45, 2.75) is 38.1 Å². The van der Waals surface area contributed by atoms with Gasteiger partial charge in [0.15, 0.2) is 12.4 Å². The quantitative estimate of drug-likeness (QED) is 0.191. The molecule has 188 valence electrons. The van der Waals surface area contributed by atoms with Gasteiger partial charge in [-0.25, -0.2) is 9.97 Å². The Kier molecular flexibility index (Phi) is 7.26. The maximum atomic E-state index is 12.4. The van der Waals surface area contributed by atoms with Gasteiger partial charge in [-0.05, 0) is 55.3 Å². The minimum atomic E-state index is -0.0986. The molecule has 1 fully saturated rings. The van der Waals surface area contributed by atoms with Crippen LogP contribution in [0, 0.1) is 5.41 Å². The van der Waals surface area contributed by atoms with Crippen LogP contribution < -0.4 is 21.1 Å². The predicted molar refractivity (Wildman–Crippen MR) is 148 cm³/mol. The highest BCUT2D eigenvalue weighted by molar-refractivity contribution is 5.93. The molecule has 1 aliphatic rings. The van der Waals surface area contributed by atoms with E-state index >= 15 is 0 Å². The van der Waals surface area contributed by atoms with Gasteiger partial charge in [0.25, 0.3) is 5.91 Å². The number of rotatable bonds is 8. The number of hydrogen-bond donors (Lipinski definition) is 4. The van der Waals surface area contributed by atoms with E-state index in [-0.39, 0.29) is 18.6 Å². The lowest BCUT2D eigenvalue weighted by Gasteiger charge is -2.22. The number of benzene rings is 3. The number of carbonyl (C=O) groups excluding carboxylic acids is 1. The van der Waals surface area contributed by atoms with Crippen LogP contribution in [0.15, 0.2) is 66.7 Å². The van der Waals surface area contributed by atoms with Crippen LogP contribution in [0.3, 0.4) is 0 Å². The van der Waals surface area contributed by atoms with Crippen LogP contribution in [0.4, 0.5) is 17.2 Å². The number of nitrogen functional groups attached to an aromatic ring is 1. The molecule has 0 radical (unpaired) electrons. The number of nitrogens with zero attached hydrogens (tertiary/aromatic N) is 2. The van der Waals surface area contributed by atoms with Gasteiger partial charge in [0.2, 0.25) is 0 Å². The lowest BCUT2D eigenvalue weighted by molar-refractivity contribution is -0.124. The van der Waals surface area contributed by atoms with Gasteiger partial charge in [-0.1, -0.05) is 43.5 Å². The lowest BCUT2D eigenvalue weighted by Crippen LogP contribution is -2.38. The minimum Gasteiger partial charge on any atom is -0.484 e. The summed E-state index contributed by atoms with van der Waals surface area (Å²) in [5.41, 5.74) is 9.44. The first-order valence-corrected chi connectivity index (χ1v) is 12.6. The Labute approximate surface area is 215 Å². The third kappa shape index (κ3) is 5.86. The number of carbonyl (C=O) groups is 1. The van der Waals surface area contributed by atoms with Crippen molar-refractivity contribution in [2.75, 3.05) is 17.7 Å². The highest BCUT2D eigenvalue weighted by Gasteiger charge is 2.16. The Morgan fingerprint density at radius 1 is 1.03 bits per heavy atom. The standard InChI is InChI=1S/C29H30N6O2/c30-17-20-15-22(13-14-25(20)31)33-29-24-11-4-5-12-26(24)34-28(35-29)19-7-6-10-23(16-19)37-18-27(36)32-21-8-2-1-3-9-21/h4-7,10-17,21,30H,1-3,8-9,18,31H2,(H,32,36)(H,33,34,35). The number of aromatic nitrogens is 2. The van der Waals surface area contributed by atoms with Gasteiger partial charge in [-0.15, -0.1) is 0 Å². The molecule has 5 rings (SSSR count). The second-order valence-corrected chi connectivity index (χ2v) is 9.24. The Hall–Kier alpha value is -4.46. The minimum absolute atomic E-state index is 0.0299. The number of fused-ring (bicyclic) bond motifs is 1. The molecule has 0 spiro atoms. The van der Waals surface area contributed by atoms with Crippen molar-refractivity contribution in [3.05, 3.63) is 72.3 Å². The average Bonchev–Trinajstić information content (AvgIpc) is 2.93. The van der Waals surface area contributed by atoms with E-state index in [1.54, 1.807) is 6.07 Å². The molecule has 37 heavy (non-hydrogen) atoms. The summed E-state index contributed by atoms with van der Waals surface area (Å²) < 4.78 is 5.81. The second-order valence-electron chi connectivity index (χ2n) is 9.24. The lowest BCUT2D eigenvalue weighted by atomic mass is 9.95. The number of ether oxygens (including phenoxy) is 1. The van der Waals surface area contributed by atoms with E-state index in [0.717, 1.165) is 35.0 Å². The van der Waals surface area contributed by atoms with Gasteiger partial charge >= 0.3 is 0 Å². The molecular formula is C29H30N6O2.